The van der Waals surface area contributed by atoms with Crippen LogP contribution in [0.4, 0.5) is 14.5 Å². The molecule has 36 heavy (non-hydrogen) atoms. The maximum atomic E-state index is 13.3. The van der Waals surface area contributed by atoms with Gasteiger partial charge in [0.2, 0.25) is 0 Å². The third-order valence-electron chi connectivity index (χ3n) is 5.67. The van der Waals surface area contributed by atoms with Gasteiger partial charge < -0.3 is 9.73 Å². The van der Waals surface area contributed by atoms with E-state index >= 15 is 0 Å². The first-order valence-corrected chi connectivity index (χ1v) is 12.3. The fourth-order valence-electron chi connectivity index (χ4n) is 3.99. The molecule has 0 saturated heterocycles. The zero-order chi connectivity index (χ0) is 26.0. The first-order chi connectivity index (χ1) is 17.2. The van der Waals surface area contributed by atoms with Crippen molar-refractivity contribution in [1.82, 2.24) is 14.7 Å². The van der Waals surface area contributed by atoms with Gasteiger partial charge in [0.15, 0.2) is 16.9 Å². The Hall–Kier alpha value is -3.79. The Morgan fingerprint density at radius 1 is 1.14 bits per heavy atom. The Bertz CT molecular complexity index is 1510. The van der Waals surface area contributed by atoms with Gasteiger partial charge in [0, 0.05) is 23.6 Å². The van der Waals surface area contributed by atoms with Crippen molar-refractivity contribution in [2.45, 2.75) is 33.2 Å². The lowest BCUT2D eigenvalue weighted by atomic mass is 9.99. The highest BCUT2D eigenvalue weighted by atomic mass is 32.2. The van der Waals surface area contributed by atoms with Crippen LogP contribution in [0.25, 0.3) is 22.4 Å². The minimum atomic E-state index is -2.75. The van der Waals surface area contributed by atoms with E-state index in [2.05, 4.69) is 20.0 Å². The fraction of sp³-hybridized carbons (Fsp3) is 0.231. The normalized spacial score (nSPS) is 12.1. The van der Waals surface area contributed by atoms with Crippen LogP contribution in [0.1, 0.15) is 52.3 Å². The minimum absolute atomic E-state index is 0.133. The van der Waals surface area contributed by atoms with Crippen molar-refractivity contribution in [3.05, 3.63) is 87.0 Å². The second-order valence-electron chi connectivity index (χ2n) is 8.27. The van der Waals surface area contributed by atoms with Crippen molar-refractivity contribution in [2.75, 3.05) is 11.6 Å². The van der Waals surface area contributed by atoms with Gasteiger partial charge in [0.1, 0.15) is 17.0 Å². The van der Waals surface area contributed by atoms with Gasteiger partial charge in [0.25, 0.3) is 12.3 Å². The summed E-state index contributed by atoms with van der Waals surface area (Å²) in [7, 11) is 0. The molecule has 186 valence electrons. The molecule has 0 spiro atoms. The number of pyridine rings is 2. The molecular weight excluding hydrogens is 486 g/mol. The van der Waals surface area contributed by atoms with E-state index in [1.165, 1.54) is 36.3 Å². The van der Waals surface area contributed by atoms with E-state index in [4.69, 9.17) is 4.42 Å². The number of nitrogens with one attached hydrogen (secondary N) is 2. The molecule has 0 radical (unpaired) electrons. The summed E-state index contributed by atoms with van der Waals surface area (Å²) in [6.07, 6.45) is 0.516. The van der Waals surface area contributed by atoms with Crippen molar-refractivity contribution in [2.24, 2.45) is 0 Å². The number of rotatable bonds is 7. The number of halogens is 2. The Morgan fingerprint density at radius 3 is 2.64 bits per heavy atom. The number of aryl methyl sites for hydroxylation is 1. The Labute approximate surface area is 210 Å². The first-order valence-electron chi connectivity index (χ1n) is 11.1. The number of carbonyl (C=O) groups is 1. The van der Waals surface area contributed by atoms with E-state index in [-0.39, 0.29) is 34.0 Å². The third-order valence-corrected chi connectivity index (χ3v) is 6.06. The van der Waals surface area contributed by atoms with Crippen molar-refractivity contribution in [1.29, 1.82) is 0 Å². The lowest BCUT2D eigenvalue weighted by molar-refractivity contribution is 0.0980. The number of carbonyl (C=O) groups excluding carboxylic acids is 1. The van der Waals surface area contributed by atoms with Crippen LogP contribution in [0.3, 0.4) is 0 Å². The summed E-state index contributed by atoms with van der Waals surface area (Å²) in [5, 5.41) is 3.67. The molecule has 0 aliphatic carbocycles. The molecule has 0 saturated carbocycles. The number of aromatic nitrogens is 2. The average Bonchev–Trinajstić information content (AvgIpc) is 2.86. The number of hydrogen-bond donors (Lipinski definition) is 2. The van der Waals surface area contributed by atoms with Crippen LogP contribution in [0, 0.1) is 13.8 Å². The van der Waals surface area contributed by atoms with E-state index in [1.807, 2.05) is 19.9 Å². The molecular formula is C26H24F2N4O3S. The van der Waals surface area contributed by atoms with Gasteiger partial charge >= 0.3 is 0 Å². The zero-order valence-corrected chi connectivity index (χ0v) is 20.9. The molecule has 0 aliphatic heterocycles. The molecule has 2 N–H and O–H groups in total. The highest BCUT2D eigenvalue weighted by Gasteiger charge is 2.22. The summed E-state index contributed by atoms with van der Waals surface area (Å²) < 4.78 is 35.4. The van der Waals surface area contributed by atoms with Crippen molar-refractivity contribution in [3.8, 4) is 11.5 Å². The maximum Gasteiger partial charge on any atom is 0.281 e. The Morgan fingerprint density at radius 2 is 1.92 bits per heavy atom. The smallest absolute Gasteiger partial charge is 0.281 e. The van der Waals surface area contributed by atoms with Gasteiger partial charge in [-0.1, -0.05) is 24.1 Å². The predicted octanol–water partition coefficient (Wildman–Crippen LogP) is 5.99. The second kappa shape index (κ2) is 10.4. The fourth-order valence-corrected chi connectivity index (χ4v) is 4.27. The number of fused-ring (bicyclic) bond motifs is 1. The van der Waals surface area contributed by atoms with Gasteiger partial charge in [-0.3, -0.25) is 14.3 Å². The lowest BCUT2D eigenvalue weighted by Crippen LogP contribution is -2.20. The van der Waals surface area contributed by atoms with Gasteiger partial charge in [-0.15, -0.1) is 0 Å². The molecule has 7 nitrogen and oxygen atoms in total. The number of benzene rings is 1. The van der Waals surface area contributed by atoms with Crippen LogP contribution in [-0.4, -0.2) is 22.1 Å². The molecule has 4 aromatic rings. The molecule has 0 fully saturated rings. The van der Waals surface area contributed by atoms with Crippen LogP contribution in [0.15, 0.2) is 57.9 Å². The molecule has 0 aliphatic rings. The second-order valence-corrected chi connectivity index (χ2v) is 8.88. The Balaban J connectivity index is 1.85. The maximum absolute atomic E-state index is 13.3. The summed E-state index contributed by atoms with van der Waals surface area (Å²) in [6.45, 7) is 5.33. The monoisotopic (exact) mass is 510 g/mol. The SMILES string of the molecule is CSNC(=O)c1ncccc1NC(C)c1cc(C)cc2c(=O)c(C)c(-c3cccc(C(F)F)n3)oc12. The first kappa shape index (κ1) is 25.3. The van der Waals surface area contributed by atoms with Crippen molar-refractivity contribution < 1.29 is 18.0 Å². The molecule has 10 heteroatoms. The topological polar surface area (TPSA) is 97.1 Å². The number of anilines is 1. The number of nitrogens with zero attached hydrogens (tertiary/aromatic N) is 2. The van der Waals surface area contributed by atoms with Crippen LogP contribution in [0.2, 0.25) is 0 Å². The lowest BCUT2D eigenvalue weighted by Gasteiger charge is -2.20. The summed E-state index contributed by atoms with van der Waals surface area (Å²) in [6, 6.07) is 10.9. The molecule has 3 aromatic heterocycles. The summed E-state index contributed by atoms with van der Waals surface area (Å²) in [5.41, 5.74) is 2.31. The molecule has 3 heterocycles. The van der Waals surface area contributed by atoms with E-state index < -0.39 is 18.2 Å². The zero-order valence-electron chi connectivity index (χ0n) is 20.1. The van der Waals surface area contributed by atoms with E-state index in [0.29, 0.717) is 22.2 Å². The molecule has 4 rings (SSSR count). The standard InChI is InChI=1S/C26H24F2N4O3S/c1-13-11-16(15(3)30-18-9-6-10-29-21(18)26(34)32-36-4)24-17(12-13)22(33)14(2)23(35-24)19-7-5-8-20(31-19)25(27)28/h5-12,15,25,30H,1-4H3,(H,32,34). The van der Waals surface area contributed by atoms with Crippen LogP contribution < -0.4 is 15.5 Å². The van der Waals surface area contributed by atoms with Gasteiger partial charge in [-0.25, -0.2) is 18.7 Å². The molecule has 1 amide bonds. The molecule has 1 aromatic carbocycles. The average molecular weight is 511 g/mol. The Kier molecular flexibility index (Phi) is 7.35. The van der Waals surface area contributed by atoms with Crippen LogP contribution in [0.5, 0.6) is 0 Å². The minimum Gasteiger partial charge on any atom is -0.454 e. The van der Waals surface area contributed by atoms with Gasteiger partial charge in [-0.2, -0.15) is 0 Å². The third kappa shape index (κ3) is 4.94. The number of amides is 1. The van der Waals surface area contributed by atoms with E-state index in [1.54, 1.807) is 31.4 Å². The highest BCUT2D eigenvalue weighted by molar-refractivity contribution is 7.97. The predicted molar refractivity (Wildman–Crippen MR) is 137 cm³/mol. The molecule has 1 unspecified atom stereocenters. The van der Waals surface area contributed by atoms with Gasteiger partial charge in [-0.05, 0) is 56.7 Å². The van der Waals surface area contributed by atoms with Gasteiger partial charge in [0.05, 0.1) is 17.1 Å². The van der Waals surface area contributed by atoms with Crippen molar-refractivity contribution in [3.63, 3.8) is 0 Å². The van der Waals surface area contributed by atoms with Crippen molar-refractivity contribution >= 4 is 34.5 Å². The van der Waals surface area contributed by atoms with Crippen LogP contribution >= 0.6 is 11.9 Å². The summed E-state index contributed by atoms with van der Waals surface area (Å²) in [5.74, 6) is -0.213. The quantitative estimate of drug-likeness (QED) is 0.295. The van der Waals surface area contributed by atoms with E-state index in [0.717, 1.165) is 5.56 Å². The highest BCUT2D eigenvalue weighted by Crippen LogP contribution is 2.32. The summed E-state index contributed by atoms with van der Waals surface area (Å²) in [4.78, 5) is 34.0. The number of hydrogen-bond acceptors (Lipinski definition) is 7. The largest absolute Gasteiger partial charge is 0.454 e. The molecule has 1 atom stereocenters. The summed E-state index contributed by atoms with van der Waals surface area (Å²) >= 11 is 1.17. The number of alkyl halides is 2. The molecule has 0 bridgehead atoms. The van der Waals surface area contributed by atoms with E-state index in [9.17, 15) is 18.4 Å². The van der Waals surface area contributed by atoms with Crippen LogP contribution in [-0.2, 0) is 0 Å².